The standard InChI is InChI=1S/C11H14N4O3/c1-4-17-10-6-11(15(2)14-10)18-9-5-8(16-3)7-12-13-9/h5-7H,4H2,1-3H3. The number of aromatic nitrogens is 4. The summed E-state index contributed by atoms with van der Waals surface area (Å²) >= 11 is 0. The van der Waals surface area contributed by atoms with Crippen LogP contribution >= 0.6 is 0 Å². The molecular weight excluding hydrogens is 236 g/mol. The minimum atomic E-state index is 0.334. The SMILES string of the molecule is CCOc1cc(Oc2cc(OC)cnn2)n(C)n1. The molecule has 96 valence electrons. The maximum Gasteiger partial charge on any atom is 0.244 e. The van der Waals surface area contributed by atoms with Crippen molar-refractivity contribution in [1.82, 2.24) is 20.0 Å². The lowest BCUT2D eigenvalue weighted by atomic mass is 10.5. The van der Waals surface area contributed by atoms with E-state index in [9.17, 15) is 0 Å². The van der Waals surface area contributed by atoms with Crippen LogP contribution in [0.1, 0.15) is 6.92 Å². The third-order valence-corrected chi connectivity index (χ3v) is 2.16. The molecule has 2 rings (SSSR count). The van der Waals surface area contributed by atoms with Gasteiger partial charge in [-0.15, -0.1) is 10.2 Å². The van der Waals surface area contributed by atoms with Gasteiger partial charge in [-0.1, -0.05) is 0 Å². The summed E-state index contributed by atoms with van der Waals surface area (Å²) in [7, 11) is 3.31. The number of rotatable bonds is 5. The maximum absolute atomic E-state index is 5.55. The van der Waals surface area contributed by atoms with Crippen molar-refractivity contribution >= 4 is 0 Å². The van der Waals surface area contributed by atoms with E-state index in [4.69, 9.17) is 14.2 Å². The lowest BCUT2D eigenvalue weighted by molar-refractivity contribution is 0.323. The third-order valence-electron chi connectivity index (χ3n) is 2.16. The smallest absolute Gasteiger partial charge is 0.244 e. The van der Waals surface area contributed by atoms with E-state index in [-0.39, 0.29) is 0 Å². The van der Waals surface area contributed by atoms with Crippen molar-refractivity contribution in [2.24, 2.45) is 7.05 Å². The first-order valence-electron chi connectivity index (χ1n) is 5.44. The first-order chi connectivity index (χ1) is 8.72. The highest BCUT2D eigenvalue weighted by Crippen LogP contribution is 2.24. The Labute approximate surface area is 104 Å². The largest absolute Gasteiger partial charge is 0.495 e. The van der Waals surface area contributed by atoms with Crippen LogP contribution in [0.5, 0.6) is 23.4 Å². The Kier molecular flexibility index (Phi) is 3.61. The van der Waals surface area contributed by atoms with E-state index in [1.807, 2.05) is 6.92 Å². The van der Waals surface area contributed by atoms with Crippen LogP contribution in [0, 0.1) is 0 Å². The molecular formula is C11H14N4O3. The van der Waals surface area contributed by atoms with E-state index in [0.29, 0.717) is 30.0 Å². The second-order valence-corrected chi connectivity index (χ2v) is 3.41. The fourth-order valence-corrected chi connectivity index (χ4v) is 1.34. The summed E-state index contributed by atoms with van der Waals surface area (Å²) in [5.41, 5.74) is 0. The van der Waals surface area contributed by atoms with Gasteiger partial charge in [0.15, 0.2) is 0 Å². The summed E-state index contributed by atoms with van der Waals surface area (Å²) in [5, 5.41) is 11.7. The zero-order valence-corrected chi connectivity index (χ0v) is 10.5. The Morgan fingerprint density at radius 1 is 1.28 bits per heavy atom. The number of hydrogen-bond donors (Lipinski definition) is 0. The van der Waals surface area contributed by atoms with Gasteiger partial charge in [-0.25, -0.2) is 4.68 Å². The molecule has 2 heterocycles. The zero-order chi connectivity index (χ0) is 13.0. The maximum atomic E-state index is 5.55. The fraction of sp³-hybridized carbons (Fsp3) is 0.364. The summed E-state index contributed by atoms with van der Waals surface area (Å²) in [6, 6.07) is 3.32. The number of nitrogens with zero attached hydrogens (tertiary/aromatic N) is 4. The quantitative estimate of drug-likeness (QED) is 0.799. The number of methoxy groups -OCH3 is 1. The molecule has 7 heteroatoms. The summed E-state index contributed by atoms with van der Waals surface area (Å²) in [4.78, 5) is 0. The topological polar surface area (TPSA) is 71.3 Å². The molecule has 0 bridgehead atoms. The highest BCUT2D eigenvalue weighted by Gasteiger charge is 2.09. The Balaban J connectivity index is 2.17. The van der Waals surface area contributed by atoms with Crippen molar-refractivity contribution in [1.29, 1.82) is 0 Å². The van der Waals surface area contributed by atoms with Crippen LogP contribution in [0.4, 0.5) is 0 Å². The van der Waals surface area contributed by atoms with Gasteiger partial charge in [0.05, 0.1) is 26.0 Å². The molecule has 0 amide bonds. The van der Waals surface area contributed by atoms with Crippen molar-refractivity contribution in [3.8, 4) is 23.4 Å². The minimum absolute atomic E-state index is 0.334. The second kappa shape index (κ2) is 5.35. The normalized spacial score (nSPS) is 10.2. The fourth-order valence-electron chi connectivity index (χ4n) is 1.34. The Morgan fingerprint density at radius 2 is 2.11 bits per heavy atom. The molecule has 0 N–H and O–H groups in total. The summed E-state index contributed by atoms with van der Waals surface area (Å²) < 4.78 is 17.4. The van der Waals surface area contributed by atoms with Gasteiger partial charge in [0, 0.05) is 13.1 Å². The summed E-state index contributed by atoms with van der Waals surface area (Å²) in [5.74, 6) is 1.93. The molecule has 0 aliphatic heterocycles. The van der Waals surface area contributed by atoms with Crippen LogP contribution in [0.3, 0.4) is 0 Å². The van der Waals surface area contributed by atoms with Crippen molar-refractivity contribution in [3.63, 3.8) is 0 Å². The predicted octanol–water partition coefficient (Wildman–Crippen LogP) is 1.41. The van der Waals surface area contributed by atoms with E-state index in [2.05, 4.69) is 15.3 Å². The highest BCUT2D eigenvalue weighted by molar-refractivity contribution is 5.28. The van der Waals surface area contributed by atoms with E-state index in [0.717, 1.165) is 0 Å². The van der Waals surface area contributed by atoms with Gasteiger partial charge in [0.1, 0.15) is 5.75 Å². The third kappa shape index (κ3) is 2.68. The number of aryl methyl sites for hydroxylation is 1. The van der Waals surface area contributed by atoms with Crippen LogP contribution in [-0.2, 0) is 7.05 Å². The van der Waals surface area contributed by atoms with E-state index >= 15 is 0 Å². The Morgan fingerprint density at radius 3 is 2.83 bits per heavy atom. The predicted molar refractivity (Wildman–Crippen MR) is 63.0 cm³/mol. The molecule has 2 aromatic heterocycles. The summed E-state index contributed by atoms with van der Waals surface area (Å²) in [6.45, 7) is 2.44. The molecule has 0 unspecified atom stereocenters. The molecule has 0 aliphatic carbocycles. The lowest BCUT2D eigenvalue weighted by Gasteiger charge is -2.04. The molecule has 0 radical (unpaired) electrons. The number of ether oxygens (including phenoxy) is 3. The molecule has 0 aliphatic rings. The van der Waals surface area contributed by atoms with Gasteiger partial charge in [-0.05, 0) is 6.92 Å². The van der Waals surface area contributed by atoms with Gasteiger partial charge in [-0.2, -0.15) is 5.10 Å². The van der Waals surface area contributed by atoms with Crippen LogP contribution in [0.15, 0.2) is 18.3 Å². The molecule has 0 atom stereocenters. The van der Waals surface area contributed by atoms with Crippen molar-refractivity contribution in [2.75, 3.05) is 13.7 Å². The first-order valence-corrected chi connectivity index (χ1v) is 5.44. The van der Waals surface area contributed by atoms with Crippen LogP contribution < -0.4 is 14.2 Å². The van der Waals surface area contributed by atoms with E-state index in [1.165, 1.54) is 6.20 Å². The summed E-state index contributed by atoms with van der Waals surface area (Å²) in [6.07, 6.45) is 1.50. The first kappa shape index (κ1) is 12.2. The van der Waals surface area contributed by atoms with Crippen LogP contribution in [0.25, 0.3) is 0 Å². The average molecular weight is 250 g/mol. The monoisotopic (exact) mass is 250 g/mol. The Hall–Kier alpha value is -2.31. The Bertz CT molecular complexity index is 527. The molecule has 0 saturated carbocycles. The van der Waals surface area contributed by atoms with Gasteiger partial charge in [-0.3, -0.25) is 0 Å². The van der Waals surface area contributed by atoms with Crippen LogP contribution in [0.2, 0.25) is 0 Å². The molecule has 0 aromatic carbocycles. The van der Waals surface area contributed by atoms with E-state index < -0.39 is 0 Å². The molecule has 0 fully saturated rings. The van der Waals surface area contributed by atoms with Gasteiger partial charge in [0.2, 0.25) is 17.6 Å². The van der Waals surface area contributed by atoms with Crippen LogP contribution in [-0.4, -0.2) is 33.7 Å². The lowest BCUT2D eigenvalue weighted by Crippen LogP contribution is -1.98. The molecule has 2 aromatic rings. The van der Waals surface area contributed by atoms with Crippen molar-refractivity contribution in [3.05, 3.63) is 18.3 Å². The molecule has 18 heavy (non-hydrogen) atoms. The van der Waals surface area contributed by atoms with Crippen molar-refractivity contribution < 1.29 is 14.2 Å². The van der Waals surface area contributed by atoms with E-state index in [1.54, 1.807) is 31.0 Å². The minimum Gasteiger partial charge on any atom is -0.495 e. The highest BCUT2D eigenvalue weighted by atomic mass is 16.5. The van der Waals surface area contributed by atoms with Gasteiger partial charge >= 0.3 is 0 Å². The average Bonchev–Trinajstić information content (AvgIpc) is 2.70. The zero-order valence-electron chi connectivity index (χ0n) is 10.5. The second-order valence-electron chi connectivity index (χ2n) is 3.41. The number of hydrogen-bond acceptors (Lipinski definition) is 6. The van der Waals surface area contributed by atoms with Gasteiger partial charge < -0.3 is 14.2 Å². The molecule has 0 saturated heterocycles. The molecule has 7 nitrogen and oxygen atoms in total. The van der Waals surface area contributed by atoms with Gasteiger partial charge in [0.25, 0.3) is 0 Å². The molecule has 0 spiro atoms. The van der Waals surface area contributed by atoms with Crippen molar-refractivity contribution in [2.45, 2.75) is 6.92 Å².